The molecule has 0 aromatic carbocycles. The molecule has 0 saturated heterocycles. The Morgan fingerprint density at radius 3 is 2.20 bits per heavy atom. The molecule has 0 aromatic rings. The van der Waals surface area contributed by atoms with Gasteiger partial charge in [0, 0.05) is 4.99 Å². The van der Waals surface area contributed by atoms with Gasteiger partial charge in [-0.05, 0) is 6.92 Å². The van der Waals surface area contributed by atoms with Crippen LogP contribution >= 0.6 is 21.2 Å². The fourth-order valence-electron chi connectivity index (χ4n) is 0. The van der Waals surface area contributed by atoms with Crippen LogP contribution in [0.4, 0.5) is 0 Å². The van der Waals surface area contributed by atoms with E-state index in [2.05, 4.69) is 9.24 Å². The number of rotatable bonds is 1. The Kier molecular flexibility index (Phi) is 3.39. The van der Waals surface area contributed by atoms with Crippen molar-refractivity contribution in [1.29, 1.82) is 0 Å². The topological polar surface area (TPSA) is 26.0 Å². The van der Waals surface area contributed by atoms with E-state index in [9.17, 15) is 0 Å². The zero-order valence-electron chi connectivity index (χ0n) is 3.14. The van der Waals surface area contributed by atoms with Crippen LogP contribution in [0.1, 0.15) is 6.92 Å². The van der Waals surface area contributed by atoms with Gasteiger partial charge in [-0.15, -0.1) is 9.24 Å². The lowest BCUT2D eigenvalue weighted by Gasteiger charge is -1.90. The molecule has 0 aromatic heterocycles. The molecule has 32 valence electrons. The van der Waals surface area contributed by atoms with E-state index >= 15 is 0 Å². The first kappa shape index (κ1) is 5.74. The third-order valence-corrected chi connectivity index (χ3v) is 1.12. The van der Waals surface area contributed by atoms with Gasteiger partial charge in [-0.1, -0.05) is 11.9 Å². The van der Waals surface area contributed by atoms with Crippen LogP contribution in [0.15, 0.2) is 0 Å². The minimum Gasteiger partial charge on any atom is -0.277 e. The molecule has 0 radical (unpaired) electrons. The Balaban J connectivity index is 2.54. The molecule has 0 aliphatic carbocycles. The number of hydrogen-bond donors (Lipinski definition) is 1. The molecule has 1 nitrogen and oxygen atoms in total. The van der Waals surface area contributed by atoms with Gasteiger partial charge in [0.15, 0.2) is 0 Å². The Bertz CT molecular complexity index is 23.6. The Labute approximate surface area is 39.0 Å². The van der Waals surface area contributed by atoms with E-state index in [1.807, 2.05) is 6.92 Å². The molecule has 3 heteroatoms. The van der Waals surface area contributed by atoms with Crippen LogP contribution in [0.5, 0.6) is 0 Å². The maximum atomic E-state index is 5.07. The van der Waals surface area contributed by atoms with Crippen molar-refractivity contribution in [2.75, 3.05) is 0 Å². The largest absolute Gasteiger partial charge is 0.277 e. The molecule has 0 aliphatic rings. The second-order valence-electron chi connectivity index (χ2n) is 0.841. The van der Waals surface area contributed by atoms with E-state index < -0.39 is 0 Å². The quantitative estimate of drug-likeness (QED) is 0.398. The summed E-state index contributed by atoms with van der Waals surface area (Å²) in [6.07, 6.45) is 0. The van der Waals surface area contributed by atoms with Gasteiger partial charge in [0.1, 0.15) is 0 Å². The first-order valence-electron chi connectivity index (χ1n) is 1.38. The molecule has 5 heavy (non-hydrogen) atoms. The van der Waals surface area contributed by atoms with Crippen molar-refractivity contribution >= 4 is 21.2 Å². The number of nitrogens with two attached hydrogens (primary N) is 1. The predicted molar refractivity (Wildman–Crippen MR) is 31.0 cm³/mol. The van der Waals surface area contributed by atoms with Crippen molar-refractivity contribution < 1.29 is 0 Å². The molecular weight excluding hydrogens is 101 g/mol. The van der Waals surface area contributed by atoms with E-state index in [1.54, 1.807) is 0 Å². The Morgan fingerprint density at radius 1 is 2.00 bits per heavy atom. The van der Waals surface area contributed by atoms with Gasteiger partial charge in [0.2, 0.25) is 0 Å². The van der Waals surface area contributed by atoms with Crippen molar-refractivity contribution in [3.05, 3.63) is 0 Å². The summed E-state index contributed by atoms with van der Waals surface area (Å²) < 4.78 is 0. The lowest BCUT2D eigenvalue weighted by molar-refractivity contribution is 1.42. The molecule has 2 atom stereocenters. The van der Waals surface area contributed by atoms with Crippen LogP contribution in [0.2, 0.25) is 0 Å². The smallest absolute Gasteiger partial charge is 0.0305 e. The summed E-state index contributed by atoms with van der Waals surface area (Å²) in [4.78, 5) is 0.495. The van der Waals surface area contributed by atoms with Gasteiger partial charge in [0.25, 0.3) is 0 Å². The monoisotopic (exact) mass is 109 g/mol. The maximum Gasteiger partial charge on any atom is 0.0305 e. The highest BCUT2D eigenvalue weighted by molar-refractivity contribution is 8.01. The Morgan fingerprint density at radius 2 is 2.20 bits per heavy atom. The molecule has 0 spiro atoms. The molecule has 0 amide bonds. The second-order valence-corrected chi connectivity index (χ2v) is 3.34. The lowest BCUT2D eigenvalue weighted by Crippen LogP contribution is -1.85. The minimum atomic E-state index is 0.495. The summed E-state index contributed by atoms with van der Waals surface area (Å²) >= 11 is 1.34. The maximum absolute atomic E-state index is 5.07. The summed E-state index contributed by atoms with van der Waals surface area (Å²) in [6, 6.07) is 0. The summed E-state index contributed by atoms with van der Waals surface area (Å²) in [5, 5.41) is 5.07. The van der Waals surface area contributed by atoms with Crippen molar-refractivity contribution in [2.24, 2.45) is 5.14 Å². The molecule has 2 N–H and O–H groups in total. The molecule has 0 saturated carbocycles. The average Bonchev–Trinajstić information content (AvgIpc) is 1.38. The van der Waals surface area contributed by atoms with E-state index in [-0.39, 0.29) is 0 Å². The third kappa shape index (κ3) is 4.74. The Hall–Kier alpha value is 0.740. The molecule has 0 fully saturated rings. The van der Waals surface area contributed by atoms with Gasteiger partial charge in [-0.2, -0.15) is 0 Å². The predicted octanol–water partition coefficient (Wildman–Crippen LogP) is 0.814. The van der Waals surface area contributed by atoms with Crippen LogP contribution in [-0.2, 0) is 0 Å². The van der Waals surface area contributed by atoms with Gasteiger partial charge in [0.05, 0.1) is 0 Å². The highest BCUT2D eigenvalue weighted by Gasteiger charge is 1.81. The van der Waals surface area contributed by atoms with E-state index in [0.717, 1.165) is 0 Å². The summed E-state index contributed by atoms with van der Waals surface area (Å²) in [7, 11) is 2.57. The van der Waals surface area contributed by atoms with E-state index in [0.29, 0.717) is 4.99 Å². The molecule has 2 unspecified atom stereocenters. The van der Waals surface area contributed by atoms with Crippen LogP contribution in [0, 0.1) is 0 Å². The SMILES string of the molecule is CC(P)SN. The minimum absolute atomic E-state index is 0.495. The third-order valence-electron chi connectivity index (χ3n) is 0.215. The van der Waals surface area contributed by atoms with Gasteiger partial charge < -0.3 is 0 Å². The normalized spacial score (nSPS) is 15.0. The van der Waals surface area contributed by atoms with Gasteiger partial charge in [-0.3, -0.25) is 5.14 Å². The van der Waals surface area contributed by atoms with Crippen LogP contribution in [-0.4, -0.2) is 4.99 Å². The van der Waals surface area contributed by atoms with Crippen LogP contribution < -0.4 is 5.14 Å². The average molecular weight is 109 g/mol. The highest BCUT2D eigenvalue weighted by Crippen LogP contribution is 2.07. The summed E-state index contributed by atoms with van der Waals surface area (Å²) in [5.41, 5.74) is 0. The van der Waals surface area contributed by atoms with Gasteiger partial charge in [-0.25, -0.2) is 0 Å². The molecule has 0 aliphatic heterocycles. The van der Waals surface area contributed by atoms with Gasteiger partial charge >= 0.3 is 0 Å². The fourth-order valence-corrected chi connectivity index (χ4v) is 0. The van der Waals surface area contributed by atoms with E-state index in [4.69, 9.17) is 5.14 Å². The molecule has 0 bridgehead atoms. The van der Waals surface area contributed by atoms with Crippen molar-refractivity contribution in [3.63, 3.8) is 0 Å². The fraction of sp³-hybridized carbons (Fsp3) is 1.00. The summed E-state index contributed by atoms with van der Waals surface area (Å²) in [6.45, 7) is 2.02. The zero-order valence-corrected chi connectivity index (χ0v) is 5.11. The zero-order chi connectivity index (χ0) is 4.28. The molecular formula is C2H8NPS. The molecule has 0 rings (SSSR count). The van der Waals surface area contributed by atoms with Crippen molar-refractivity contribution in [3.8, 4) is 0 Å². The first-order chi connectivity index (χ1) is 2.27. The lowest BCUT2D eigenvalue weighted by atomic mass is 11.0. The standard InChI is InChI=1S/C2H8NPS/c1-2(4)5-3/h2H,3-4H2,1H3. The summed E-state index contributed by atoms with van der Waals surface area (Å²) in [5.74, 6) is 0. The first-order valence-corrected chi connectivity index (χ1v) is 2.99. The van der Waals surface area contributed by atoms with E-state index in [1.165, 1.54) is 11.9 Å². The van der Waals surface area contributed by atoms with Crippen LogP contribution in [0.3, 0.4) is 0 Å². The second kappa shape index (κ2) is 2.95. The van der Waals surface area contributed by atoms with Crippen molar-refractivity contribution in [2.45, 2.75) is 11.9 Å². The van der Waals surface area contributed by atoms with Crippen LogP contribution in [0.25, 0.3) is 0 Å². The molecule has 0 heterocycles. The highest BCUT2D eigenvalue weighted by atomic mass is 32.2. The van der Waals surface area contributed by atoms with Crippen molar-refractivity contribution in [1.82, 2.24) is 0 Å². The number of hydrogen-bond acceptors (Lipinski definition) is 2.